The Morgan fingerprint density at radius 1 is 0.957 bits per heavy atom. The minimum Gasteiger partial charge on any atom is -0.366 e. The van der Waals surface area contributed by atoms with Gasteiger partial charge in [-0.1, -0.05) is 35.0 Å². The number of amides is 2. The maximum atomic E-state index is 13.2. The molecule has 0 aliphatic carbocycles. The molecule has 1 aliphatic heterocycles. The third-order valence-electron chi connectivity index (χ3n) is 7.39. The molecule has 0 unspecified atom stereocenters. The fourth-order valence-electron chi connectivity index (χ4n) is 4.91. The molecule has 10 nitrogen and oxygen atoms in total. The first-order valence-electron chi connectivity index (χ1n) is 14.2. The highest BCUT2D eigenvalue weighted by molar-refractivity contribution is 7.91. The molecule has 0 atom stereocenters. The van der Waals surface area contributed by atoms with Gasteiger partial charge in [-0.05, 0) is 79.6 Å². The molecule has 246 valence electrons. The maximum absolute atomic E-state index is 13.2. The highest BCUT2D eigenvalue weighted by Gasteiger charge is 2.33. The molecule has 1 fully saturated rings. The zero-order chi connectivity index (χ0) is 33.8. The average molecular weight is 705 g/mol. The second-order valence-electron chi connectivity index (χ2n) is 10.5. The Balaban J connectivity index is 0.000000417. The number of thiophene rings is 1. The van der Waals surface area contributed by atoms with Crippen LogP contribution < -0.4 is 11.1 Å². The number of sulfonamides is 1. The van der Waals surface area contributed by atoms with Gasteiger partial charge >= 0.3 is 6.18 Å². The monoisotopic (exact) mass is 704 g/mol. The van der Waals surface area contributed by atoms with Gasteiger partial charge in [0, 0.05) is 34.1 Å². The lowest BCUT2D eigenvalue weighted by atomic mass is 10.1. The van der Waals surface area contributed by atoms with Crippen LogP contribution in [0.1, 0.15) is 50.0 Å². The molecule has 2 aromatic heterocycles. The molecule has 5 aromatic rings. The number of benzene rings is 3. The van der Waals surface area contributed by atoms with Crippen molar-refractivity contribution >= 4 is 55.8 Å². The summed E-state index contributed by atoms with van der Waals surface area (Å²) in [5, 5.41) is 11.2. The number of nitrogens with one attached hydrogen (secondary N) is 1. The highest BCUT2D eigenvalue weighted by Crippen LogP contribution is 2.34. The molecule has 1 aliphatic rings. The van der Waals surface area contributed by atoms with Crippen molar-refractivity contribution in [2.45, 2.75) is 35.8 Å². The number of rotatable bonds is 7. The Bertz CT molecular complexity index is 1980. The number of aromatic nitrogens is 3. The number of hydrogen-bond acceptors (Lipinski definition) is 7. The van der Waals surface area contributed by atoms with Crippen LogP contribution in [-0.4, -0.2) is 52.6 Å². The van der Waals surface area contributed by atoms with E-state index in [4.69, 9.17) is 17.3 Å². The number of halogens is 4. The van der Waals surface area contributed by atoms with Gasteiger partial charge in [0.25, 0.3) is 15.9 Å². The number of carbonyl (C=O) groups excluding carboxylic acids is 2. The van der Waals surface area contributed by atoms with Gasteiger partial charge in [0.05, 0.1) is 23.7 Å². The smallest absolute Gasteiger partial charge is 0.366 e. The van der Waals surface area contributed by atoms with Crippen LogP contribution in [0.3, 0.4) is 0 Å². The molecule has 3 aromatic carbocycles. The third-order valence-corrected chi connectivity index (χ3v) is 11.1. The first kappa shape index (κ1) is 34.0. The molecule has 1 saturated heterocycles. The molecule has 0 spiro atoms. The van der Waals surface area contributed by atoms with E-state index < -0.39 is 21.8 Å². The summed E-state index contributed by atoms with van der Waals surface area (Å²) in [5.41, 5.74) is 5.80. The van der Waals surface area contributed by atoms with Crippen molar-refractivity contribution in [1.82, 2.24) is 24.6 Å². The van der Waals surface area contributed by atoms with Gasteiger partial charge in [0.2, 0.25) is 5.91 Å². The number of carbonyl (C=O) groups is 2. The number of hydrogen-bond donors (Lipinski definition) is 2. The highest BCUT2D eigenvalue weighted by atomic mass is 35.5. The minimum absolute atomic E-state index is 0.143. The van der Waals surface area contributed by atoms with Crippen LogP contribution >= 0.6 is 22.9 Å². The van der Waals surface area contributed by atoms with Crippen LogP contribution in [0, 0.1) is 0 Å². The Morgan fingerprint density at radius 3 is 2.26 bits per heavy atom. The summed E-state index contributed by atoms with van der Waals surface area (Å²) in [6.07, 6.45) is -3.59. The molecule has 3 N–H and O–H groups in total. The van der Waals surface area contributed by atoms with Crippen LogP contribution in [0.25, 0.3) is 11.0 Å². The molecule has 0 radical (unpaired) electrons. The summed E-state index contributed by atoms with van der Waals surface area (Å²) < 4.78 is 68.6. The number of nitrogens with two attached hydrogens (primary N) is 1. The minimum atomic E-state index is -4.47. The van der Waals surface area contributed by atoms with E-state index in [0.717, 1.165) is 23.5 Å². The lowest BCUT2D eigenvalue weighted by Gasteiger charge is -2.30. The third kappa shape index (κ3) is 8.16. The summed E-state index contributed by atoms with van der Waals surface area (Å²) in [5.74, 6) is -0.674. The van der Waals surface area contributed by atoms with Crippen LogP contribution in [-0.2, 0) is 22.7 Å². The standard InChI is InChI=1S/C24H21ClF3N5O3S2.C7H7NO/c25-17-4-1-15(2-5-17)23(34)29-14-19-6-8-22(37-19)38(35,36)32-11-9-18(10-12-32)33-21-7-3-16(24(26,27)28)13-20(21)30-31-33;8-7(9)6-4-2-1-3-5-6/h1-8,13,18H,9-12,14H2,(H,29,34);1-5H,(H2,8,9). The molecule has 16 heteroatoms. The Labute approximate surface area is 277 Å². The van der Waals surface area contributed by atoms with Gasteiger partial charge in [-0.3, -0.25) is 9.59 Å². The molecule has 6 rings (SSSR count). The van der Waals surface area contributed by atoms with Crippen LogP contribution in [0.2, 0.25) is 5.02 Å². The first-order valence-corrected chi connectivity index (χ1v) is 16.9. The lowest BCUT2D eigenvalue weighted by molar-refractivity contribution is -0.137. The molecular formula is C31H28ClF3N6O4S2. The van der Waals surface area contributed by atoms with Crippen molar-refractivity contribution in [3.8, 4) is 0 Å². The van der Waals surface area contributed by atoms with Crippen LogP contribution in [0.4, 0.5) is 13.2 Å². The van der Waals surface area contributed by atoms with Gasteiger partial charge in [0.15, 0.2) is 0 Å². The number of primary amides is 1. The topological polar surface area (TPSA) is 140 Å². The molecule has 2 amide bonds. The van der Waals surface area contributed by atoms with Gasteiger partial charge in [-0.25, -0.2) is 13.1 Å². The summed E-state index contributed by atoms with van der Waals surface area (Å²) in [7, 11) is -3.74. The van der Waals surface area contributed by atoms with Crippen LogP contribution in [0.5, 0.6) is 0 Å². The summed E-state index contributed by atoms with van der Waals surface area (Å²) in [6, 6.07) is 21.5. The lowest BCUT2D eigenvalue weighted by Crippen LogP contribution is -2.38. The molecule has 47 heavy (non-hydrogen) atoms. The van der Waals surface area contributed by atoms with Crippen molar-refractivity contribution in [3.05, 3.63) is 112 Å². The zero-order valence-electron chi connectivity index (χ0n) is 24.5. The normalized spacial score (nSPS) is 14.4. The van der Waals surface area contributed by atoms with E-state index in [1.807, 2.05) is 6.07 Å². The van der Waals surface area contributed by atoms with E-state index in [9.17, 15) is 31.2 Å². The fourth-order valence-corrected chi connectivity index (χ4v) is 7.95. The fraction of sp³-hybridized carbons (Fsp3) is 0.226. The second-order valence-corrected chi connectivity index (χ2v) is 14.3. The molecule has 3 heterocycles. The quantitative estimate of drug-likeness (QED) is 0.216. The number of nitrogens with zero attached hydrogens (tertiary/aromatic N) is 4. The molecular weight excluding hydrogens is 677 g/mol. The second kappa shape index (κ2) is 14.2. The van der Waals surface area contributed by atoms with Crippen LogP contribution in [0.15, 0.2) is 89.1 Å². The van der Waals surface area contributed by atoms with E-state index in [0.29, 0.717) is 39.4 Å². The van der Waals surface area contributed by atoms with Crippen molar-refractivity contribution < 1.29 is 31.2 Å². The van der Waals surface area contributed by atoms with Gasteiger partial charge < -0.3 is 11.1 Å². The van der Waals surface area contributed by atoms with Crippen molar-refractivity contribution in [2.24, 2.45) is 5.73 Å². The first-order chi connectivity index (χ1) is 22.3. The average Bonchev–Trinajstić information content (AvgIpc) is 3.72. The number of piperidine rings is 1. The van der Waals surface area contributed by atoms with E-state index in [-0.39, 0.29) is 47.2 Å². The van der Waals surface area contributed by atoms with Gasteiger partial charge in [0.1, 0.15) is 9.73 Å². The molecule has 0 bridgehead atoms. The maximum Gasteiger partial charge on any atom is 0.416 e. The largest absolute Gasteiger partial charge is 0.416 e. The van der Waals surface area contributed by atoms with E-state index >= 15 is 0 Å². The van der Waals surface area contributed by atoms with E-state index in [2.05, 4.69) is 15.6 Å². The van der Waals surface area contributed by atoms with Crippen molar-refractivity contribution in [2.75, 3.05) is 13.1 Å². The van der Waals surface area contributed by atoms with Crippen molar-refractivity contribution in [3.63, 3.8) is 0 Å². The number of alkyl halides is 3. The summed E-state index contributed by atoms with van der Waals surface area (Å²) >= 11 is 6.93. The Morgan fingerprint density at radius 2 is 1.64 bits per heavy atom. The zero-order valence-corrected chi connectivity index (χ0v) is 26.9. The molecule has 0 saturated carbocycles. The van der Waals surface area contributed by atoms with Gasteiger partial charge in [-0.2, -0.15) is 17.5 Å². The van der Waals surface area contributed by atoms with E-state index in [1.165, 1.54) is 16.4 Å². The number of fused-ring (bicyclic) bond motifs is 1. The summed E-state index contributed by atoms with van der Waals surface area (Å²) in [4.78, 5) is 23.4. The van der Waals surface area contributed by atoms with E-state index in [1.54, 1.807) is 59.3 Å². The Hall–Kier alpha value is -4.31. The predicted octanol–water partition coefficient (Wildman–Crippen LogP) is 5.91. The van der Waals surface area contributed by atoms with Gasteiger partial charge in [-0.15, -0.1) is 16.4 Å². The summed E-state index contributed by atoms with van der Waals surface area (Å²) in [6.45, 7) is 0.643. The predicted molar refractivity (Wildman–Crippen MR) is 171 cm³/mol. The van der Waals surface area contributed by atoms with Crippen molar-refractivity contribution in [1.29, 1.82) is 0 Å². The Kier molecular flexibility index (Phi) is 10.3. The SMILES string of the molecule is NC(=O)c1ccccc1.O=C(NCc1ccc(S(=O)(=O)N2CCC(n3nnc4cc(C(F)(F)F)ccc43)CC2)s1)c1ccc(Cl)cc1.